The first kappa shape index (κ1) is 11.5. The molecule has 0 spiro atoms. The lowest BCUT2D eigenvalue weighted by Gasteiger charge is -2.32. The van der Waals surface area contributed by atoms with E-state index in [2.05, 4.69) is 11.1 Å². The molecule has 2 heterocycles. The summed E-state index contributed by atoms with van der Waals surface area (Å²) in [5.74, 6) is 0. The van der Waals surface area contributed by atoms with Crippen LogP contribution in [0.25, 0.3) is 0 Å². The molecule has 1 fully saturated rings. The predicted octanol–water partition coefficient (Wildman–Crippen LogP) is 2.49. The van der Waals surface area contributed by atoms with Gasteiger partial charge >= 0.3 is 0 Å². The molecule has 0 saturated carbocycles. The van der Waals surface area contributed by atoms with Crippen LogP contribution in [0.3, 0.4) is 0 Å². The van der Waals surface area contributed by atoms with Crippen molar-refractivity contribution in [3.8, 4) is 0 Å². The molecular weight excluding hydrogens is 220 g/mol. The molecule has 0 aliphatic carbocycles. The van der Waals surface area contributed by atoms with E-state index in [0.29, 0.717) is 0 Å². The van der Waals surface area contributed by atoms with Gasteiger partial charge in [0.25, 0.3) is 0 Å². The second kappa shape index (κ2) is 5.34. The van der Waals surface area contributed by atoms with Crippen LogP contribution in [-0.2, 0) is 4.79 Å². The number of aromatic nitrogens is 1. The Bertz CT molecular complexity index is 353. The predicted molar refractivity (Wildman–Crippen MR) is 65.4 cm³/mol. The van der Waals surface area contributed by atoms with Gasteiger partial charge in [0.15, 0.2) is 0 Å². The molecule has 1 amide bonds. The van der Waals surface area contributed by atoms with Gasteiger partial charge in [-0.25, -0.2) is 4.98 Å². The average Bonchev–Trinajstić information content (AvgIpc) is 2.39. The number of hydrogen-bond acceptors (Lipinski definition) is 3. The molecule has 1 aromatic rings. The van der Waals surface area contributed by atoms with Crippen molar-refractivity contribution >= 4 is 18.2 Å². The highest BCUT2D eigenvalue weighted by molar-refractivity contribution is 7.98. The van der Waals surface area contributed by atoms with E-state index in [-0.39, 0.29) is 6.04 Å². The average molecular weight is 236 g/mol. The molecule has 1 atom stereocenters. The molecule has 0 N–H and O–H groups in total. The number of hydrogen-bond donors (Lipinski definition) is 0. The molecule has 16 heavy (non-hydrogen) atoms. The fraction of sp³-hybridized carbons (Fsp3) is 0.500. The lowest BCUT2D eigenvalue weighted by atomic mass is 9.97. The van der Waals surface area contributed by atoms with Gasteiger partial charge in [-0.05, 0) is 37.1 Å². The summed E-state index contributed by atoms with van der Waals surface area (Å²) in [5.41, 5.74) is 1.16. The van der Waals surface area contributed by atoms with E-state index in [1.165, 1.54) is 6.42 Å². The Kier molecular flexibility index (Phi) is 3.83. The Labute approximate surface area is 100 Å². The number of rotatable bonds is 3. The molecule has 1 aliphatic rings. The molecule has 0 aromatic carbocycles. The molecule has 0 bridgehead atoms. The van der Waals surface area contributed by atoms with E-state index < -0.39 is 0 Å². The van der Waals surface area contributed by atoms with Gasteiger partial charge in [0.05, 0.1) is 11.1 Å². The maximum atomic E-state index is 11.0. The standard InChI is InChI=1S/C12H16N2OS/c1-16-12-6-5-10(8-13-12)11-4-2-3-7-14(11)9-15/h5-6,8-9,11H,2-4,7H2,1H3/t11-/m0/s1. The molecule has 0 unspecified atom stereocenters. The van der Waals surface area contributed by atoms with Crippen LogP contribution >= 0.6 is 11.8 Å². The summed E-state index contributed by atoms with van der Waals surface area (Å²) in [7, 11) is 0. The minimum atomic E-state index is 0.231. The molecule has 2 rings (SSSR count). The van der Waals surface area contributed by atoms with Crippen LogP contribution in [0, 0.1) is 0 Å². The van der Waals surface area contributed by atoms with E-state index in [9.17, 15) is 4.79 Å². The van der Waals surface area contributed by atoms with Gasteiger partial charge < -0.3 is 4.90 Å². The number of nitrogens with zero attached hydrogens (tertiary/aromatic N) is 2. The monoisotopic (exact) mass is 236 g/mol. The topological polar surface area (TPSA) is 33.2 Å². The van der Waals surface area contributed by atoms with Crippen LogP contribution < -0.4 is 0 Å². The van der Waals surface area contributed by atoms with Crippen molar-refractivity contribution in [2.75, 3.05) is 12.8 Å². The van der Waals surface area contributed by atoms with E-state index in [0.717, 1.165) is 36.4 Å². The summed E-state index contributed by atoms with van der Waals surface area (Å²) in [4.78, 5) is 17.2. The van der Waals surface area contributed by atoms with E-state index in [1.54, 1.807) is 11.8 Å². The maximum Gasteiger partial charge on any atom is 0.210 e. The van der Waals surface area contributed by atoms with Gasteiger partial charge in [-0.15, -0.1) is 11.8 Å². The molecule has 3 nitrogen and oxygen atoms in total. The molecule has 4 heteroatoms. The normalized spacial score (nSPS) is 20.8. The number of pyridine rings is 1. The summed E-state index contributed by atoms with van der Waals surface area (Å²) in [6.07, 6.45) is 8.24. The summed E-state index contributed by atoms with van der Waals surface area (Å²) in [6.45, 7) is 0.873. The van der Waals surface area contributed by atoms with Crippen LogP contribution in [0.4, 0.5) is 0 Å². The first-order valence-corrected chi connectivity index (χ1v) is 6.78. The molecule has 1 aromatic heterocycles. The van der Waals surface area contributed by atoms with Crippen molar-refractivity contribution in [1.29, 1.82) is 0 Å². The zero-order chi connectivity index (χ0) is 11.4. The lowest BCUT2D eigenvalue weighted by molar-refractivity contribution is -0.121. The van der Waals surface area contributed by atoms with E-state index in [1.807, 2.05) is 23.4 Å². The minimum absolute atomic E-state index is 0.231. The fourth-order valence-corrected chi connectivity index (χ4v) is 2.51. The van der Waals surface area contributed by atoms with Gasteiger partial charge in [-0.2, -0.15) is 0 Å². The minimum Gasteiger partial charge on any atom is -0.338 e. The third-order valence-electron chi connectivity index (χ3n) is 3.03. The zero-order valence-electron chi connectivity index (χ0n) is 9.43. The Hall–Kier alpha value is -1.03. The third kappa shape index (κ3) is 2.38. The molecule has 1 saturated heterocycles. The van der Waals surface area contributed by atoms with Crippen molar-refractivity contribution in [2.24, 2.45) is 0 Å². The Morgan fingerprint density at radius 1 is 1.50 bits per heavy atom. The quantitative estimate of drug-likeness (QED) is 0.597. The summed E-state index contributed by atoms with van der Waals surface area (Å²) in [5, 5.41) is 1.03. The maximum absolute atomic E-state index is 11.0. The van der Waals surface area contributed by atoms with Crippen LogP contribution in [-0.4, -0.2) is 29.1 Å². The largest absolute Gasteiger partial charge is 0.338 e. The van der Waals surface area contributed by atoms with Gasteiger partial charge in [0.1, 0.15) is 0 Å². The van der Waals surface area contributed by atoms with Crippen molar-refractivity contribution in [1.82, 2.24) is 9.88 Å². The Morgan fingerprint density at radius 3 is 3.00 bits per heavy atom. The molecule has 86 valence electrons. The number of carbonyl (C=O) groups is 1. The number of piperidine rings is 1. The number of likely N-dealkylation sites (tertiary alicyclic amines) is 1. The van der Waals surface area contributed by atoms with E-state index in [4.69, 9.17) is 0 Å². The van der Waals surface area contributed by atoms with Crippen molar-refractivity contribution in [3.05, 3.63) is 23.9 Å². The smallest absolute Gasteiger partial charge is 0.210 e. The first-order chi connectivity index (χ1) is 7.85. The first-order valence-electron chi connectivity index (χ1n) is 5.56. The van der Waals surface area contributed by atoms with Gasteiger partial charge in [0.2, 0.25) is 6.41 Å². The lowest BCUT2D eigenvalue weighted by Crippen LogP contribution is -2.32. The summed E-state index contributed by atoms with van der Waals surface area (Å²) in [6, 6.07) is 4.35. The van der Waals surface area contributed by atoms with Crippen LogP contribution in [0.2, 0.25) is 0 Å². The van der Waals surface area contributed by atoms with E-state index >= 15 is 0 Å². The molecular formula is C12H16N2OS. The number of amides is 1. The van der Waals surface area contributed by atoms with Gasteiger partial charge in [0, 0.05) is 12.7 Å². The fourth-order valence-electron chi connectivity index (χ4n) is 2.15. The van der Waals surface area contributed by atoms with Gasteiger partial charge in [-0.1, -0.05) is 6.07 Å². The number of thioether (sulfide) groups is 1. The SMILES string of the molecule is CSc1ccc([C@@H]2CCCCN2C=O)cn1. The van der Waals surface area contributed by atoms with Gasteiger partial charge in [-0.3, -0.25) is 4.79 Å². The number of carbonyl (C=O) groups excluding carboxylic acids is 1. The highest BCUT2D eigenvalue weighted by Gasteiger charge is 2.22. The third-order valence-corrected chi connectivity index (χ3v) is 3.69. The second-order valence-electron chi connectivity index (χ2n) is 3.99. The summed E-state index contributed by atoms with van der Waals surface area (Å²) < 4.78 is 0. The van der Waals surface area contributed by atoms with Crippen molar-refractivity contribution < 1.29 is 4.79 Å². The van der Waals surface area contributed by atoms with Crippen LogP contribution in [0.15, 0.2) is 23.4 Å². The van der Waals surface area contributed by atoms with Crippen molar-refractivity contribution in [3.63, 3.8) is 0 Å². The van der Waals surface area contributed by atoms with Crippen LogP contribution in [0.1, 0.15) is 30.9 Å². The molecule has 1 aliphatic heterocycles. The second-order valence-corrected chi connectivity index (χ2v) is 4.82. The summed E-state index contributed by atoms with van der Waals surface area (Å²) >= 11 is 1.64. The highest BCUT2D eigenvalue weighted by Crippen LogP contribution is 2.29. The zero-order valence-corrected chi connectivity index (χ0v) is 10.2. The molecule has 0 radical (unpaired) electrons. The highest BCUT2D eigenvalue weighted by atomic mass is 32.2. The Balaban J connectivity index is 2.17. The Morgan fingerprint density at radius 2 is 2.38 bits per heavy atom. The van der Waals surface area contributed by atoms with Crippen molar-refractivity contribution in [2.45, 2.75) is 30.3 Å². The van der Waals surface area contributed by atoms with Crippen LogP contribution in [0.5, 0.6) is 0 Å².